The van der Waals surface area contributed by atoms with E-state index in [2.05, 4.69) is 30.5 Å². The SMILES string of the molecule is CC(=O)c1ccc(-c2cccc3[nH]c(-c4[nH]nc5ncc(-c6cncc(NC(=O)CC(C)C)c6)cc45)nc23)s1. The number of fused-ring (bicyclic) bond motifs is 2. The van der Waals surface area contributed by atoms with E-state index >= 15 is 0 Å². The maximum absolute atomic E-state index is 12.2. The van der Waals surface area contributed by atoms with Crippen molar-refractivity contribution in [1.82, 2.24) is 30.1 Å². The van der Waals surface area contributed by atoms with Crippen LogP contribution in [0.15, 0.2) is 61.1 Å². The first-order valence-electron chi connectivity index (χ1n) is 12.6. The van der Waals surface area contributed by atoms with Gasteiger partial charge in [-0.25, -0.2) is 9.97 Å². The molecule has 0 aliphatic carbocycles. The summed E-state index contributed by atoms with van der Waals surface area (Å²) >= 11 is 1.46. The monoisotopic (exact) mass is 535 g/mol. The number of nitrogens with zero attached hydrogens (tertiary/aromatic N) is 4. The molecule has 0 aliphatic rings. The molecule has 0 saturated carbocycles. The Kier molecular flexibility index (Phi) is 6.24. The summed E-state index contributed by atoms with van der Waals surface area (Å²) in [7, 11) is 0. The number of pyridine rings is 2. The lowest BCUT2D eigenvalue weighted by Crippen LogP contribution is -2.13. The molecule has 5 aromatic heterocycles. The van der Waals surface area contributed by atoms with E-state index < -0.39 is 0 Å². The highest BCUT2D eigenvalue weighted by Gasteiger charge is 2.17. The fourth-order valence-electron chi connectivity index (χ4n) is 4.51. The first-order valence-corrected chi connectivity index (χ1v) is 13.4. The van der Waals surface area contributed by atoms with Gasteiger partial charge in [-0.3, -0.25) is 19.7 Å². The van der Waals surface area contributed by atoms with Gasteiger partial charge in [0.15, 0.2) is 17.3 Å². The molecule has 5 heterocycles. The van der Waals surface area contributed by atoms with Gasteiger partial charge in [0, 0.05) is 40.4 Å². The Morgan fingerprint density at radius 2 is 1.90 bits per heavy atom. The topological polar surface area (TPSA) is 129 Å². The Bertz CT molecular complexity index is 1860. The van der Waals surface area contributed by atoms with E-state index in [0.717, 1.165) is 38.0 Å². The highest BCUT2D eigenvalue weighted by atomic mass is 32.1. The van der Waals surface area contributed by atoms with E-state index in [1.807, 2.05) is 56.3 Å². The summed E-state index contributed by atoms with van der Waals surface area (Å²) in [6, 6.07) is 13.6. The number of thiophene rings is 1. The summed E-state index contributed by atoms with van der Waals surface area (Å²) in [5, 5.41) is 11.2. The number of amides is 1. The smallest absolute Gasteiger partial charge is 0.224 e. The molecule has 10 heteroatoms. The Morgan fingerprint density at radius 3 is 2.69 bits per heavy atom. The number of aromatic nitrogens is 6. The predicted molar refractivity (Wildman–Crippen MR) is 154 cm³/mol. The van der Waals surface area contributed by atoms with E-state index in [1.165, 1.54) is 11.3 Å². The van der Waals surface area contributed by atoms with Gasteiger partial charge in [-0.2, -0.15) is 5.10 Å². The highest BCUT2D eigenvalue weighted by Crippen LogP contribution is 2.35. The lowest BCUT2D eigenvalue weighted by atomic mass is 10.1. The van der Waals surface area contributed by atoms with Crippen molar-refractivity contribution in [2.45, 2.75) is 27.2 Å². The first-order chi connectivity index (χ1) is 18.9. The van der Waals surface area contributed by atoms with Crippen molar-refractivity contribution in [3.8, 4) is 33.1 Å². The highest BCUT2D eigenvalue weighted by molar-refractivity contribution is 7.17. The van der Waals surface area contributed by atoms with Gasteiger partial charge in [0.2, 0.25) is 5.91 Å². The van der Waals surface area contributed by atoms with Gasteiger partial charge in [0.05, 0.1) is 33.2 Å². The number of anilines is 1. The standard InChI is InChI=1S/C29H25N7O2S/c1-15(2)9-25(38)32-19-10-17(12-30-14-19)18-11-21-27(35-36-28(21)31-13-18)29-33-22-6-4-5-20(26(22)34-29)24-8-7-23(39-24)16(3)37/h4-8,10-15H,9H2,1-3H3,(H,32,38)(H,33,34)(H,31,35,36). The molecule has 6 aromatic rings. The summed E-state index contributed by atoms with van der Waals surface area (Å²) in [5.41, 5.74) is 6.22. The molecule has 0 aliphatic heterocycles. The molecule has 194 valence electrons. The minimum absolute atomic E-state index is 0.0426. The van der Waals surface area contributed by atoms with Crippen LogP contribution >= 0.6 is 11.3 Å². The van der Waals surface area contributed by atoms with Crippen LogP contribution < -0.4 is 5.32 Å². The molecule has 1 amide bonds. The molecule has 6 rings (SSSR count). The number of aromatic amines is 2. The van der Waals surface area contributed by atoms with Crippen molar-refractivity contribution in [3.05, 3.63) is 65.9 Å². The second-order valence-electron chi connectivity index (χ2n) is 9.81. The van der Waals surface area contributed by atoms with Gasteiger partial charge < -0.3 is 10.3 Å². The molecule has 0 unspecified atom stereocenters. The molecule has 0 atom stereocenters. The minimum Gasteiger partial charge on any atom is -0.337 e. The molecule has 39 heavy (non-hydrogen) atoms. The zero-order valence-electron chi connectivity index (χ0n) is 21.6. The van der Waals surface area contributed by atoms with Crippen LogP contribution in [-0.2, 0) is 4.79 Å². The molecule has 0 spiro atoms. The molecular weight excluding hydrogens is 510 g/mol. The van der Waals surface area contributed by atoms with Crippen molar-refractivity contribution < 1.29 is 9.59 Å². The predicted octanol–water partition coefficient (Wildman–Crippen LogP) is 6.48. The summed E-state index contributed by atoms with van der Waals surface area (Å²) < 4.78 is 0. The lowest BCUT2D eigenvalue weighted by molar-refractivity contribution is -0.116. The first kappa shape index (κ1) is 24.6. The Morgan fingerprint density at radius 1 is 1.05 bits per heavy atom. The molecular formula is C29H25N7O2S. The van der Waals surface area contributed by atoms with Gasteiger partial charge in [0.1, 0.15) is 5.69 Å². The van der Waals surface area contributed by atoms with Gasteiger partial charge >= 0.3 is 0 Å². The van der Waals surface area contributed by atoms with Crippen molar-refractivity contribution >= 4 is 50.8 Å². The van der Waals surface area contributed by atoms with Crippen molar-refractivity contribution in [1.29, 1.82) is 0 Å². The number of H-pyrrole nitrogens is 2. The maximum Gasteiger partial charge on any atom is 0.224 e. The van der Waals surface area contributed by atoms with Crippen LogP contribution in [0.4, 0.5) is 5.69 Å². The van der Waals surface area contributed by atoms with E-state index in [-0.39, 0.29) is 17.6 Å². The van der Waals surface area contributed by atoms with Gasteiger partial charge in [0.25, 0.3) is 0 Å². The van der Waals surface area contributed by atoms with Crippen LogP contribution in [0, 0.1) is 5.92 Å². The summed E-state index contributed by atoms with van der Waals surface area (Å²) in [5.74, 6) is 0.908. The van der Waals surface area contributed by atoms with Gasteiger partial charge in [-0.1, -0.05) is 26.0 Å². The second-order valence-corrected chi connectivity index (χ2v) is 10.9. The van der Waals surface area contributed by atoms with Crippen molar-refractivity contribution in [3.63, 3.8) is 0 Å². The minimum atomic E-state index is -0.0426. The third-order valence-electron chi connectivity index (χ3n) is 6.33. The van der Waals surface area contributed by atoms with Crippen LogP contribution in [0.5, 0.6) is 0 Å². The number of nitrogens with one attached hydrogen (secondary N) is 3. The van der Waals surface area contributed by atoms with E-state index in [4.69, 9.17) is 4.98 Å². The molecule has 0 bridgehead atoms. The van der Waals surface area contributed by atoms with Crippen LogP contribution in [0.1, 0.15) is 36.9 Å². The third-order valence-corrected chi connectivity index (χ3v) is 7.55. The van der Waals surface area contributed by atoms with Gasteiger partial charge in [-0.15, -0.1) is 11.3 Å². The zero-order valence-corrected chi connectivity index (χ0v) is 22.4. The number of hydrogen-bond donors (Lipinski definition) is 3. The fourth-order valence-corrected chi connectivity index (χ4v) is 5.44. The average Bonchev–Trinajstić information content (AvgIpc) is 3.65. The number of para-hydroxylation sites is 1. The Labute approximate surface area is 227 Å². The Hall–Kier alpha value is -4.70. The molecule has 0 radical (unpaired) electrons. The normalized spacial score (nSPS) is 11.5. The molecule has 3 N–H and O–H groups in total. The molecule has 9 nitrogen and oxygen atoms in total. The number of carbonyl (C=O) groups excluding carboxylic acids is 2. The largest absolute Gasteiger partial charge is 0.337 e. The quantitative estimate of drug-likeness (QED) is 0.201. The maximum atomic E-state index is 12.2. The average molecular weight is 536 g/mol. The third kappa shape index (κ3) is 4.82. The second kappa shape index (κ2) is 9.88. The van der Waals surface area contributed by atoms with E-state index in [1.54, 1.807) is 25.5 Å². The van der Waals surface area contributed by atoms with Crippen LogP contribution in [0.2, 0.25) is 0 Å². The van der Waals surface area contributed by atoms with E-state index in [9.17, 15) is 9.59 Å². The number of carbonyl (C=O) groups is 2. The Balaban J connectivity index is 1.37. The summed E-state index contributed by atoms with van der Waals surface area (Å²) in [6.45, 7) is 5.59. The molecule has 0 saturated heterocycles. The number of ketones is 1. The lowest BCUT2D eigenvalue weighted by Gasteiger charge is -2.08. The summed E-state index contributed by atoms with van der Waals surface area (Å²) in [4.78, 5) is 42.9. The molecule has 0 fully saturated rings. The number of benzene rings is 1. The number of rotatable bonds is 7. The number of imidazole rings is 1. The summed E-state index contributed by atoms with van der Waals surface area (Å²) in [6.07, 6.45) is 5.56. The fraction of sp³-hybridized carbons (Fsp3) is 0.172. The van der Waals surface area contributed by atoms with E-state index in [0.29, 0.717) is 34.2 Å². The van der Waals surface area contributed by atoms with Crippen molar-refractivity contribution in [2.75, 3.05) is 5.32 Å². The number of Topliss-reactive ketones (excluding diaryl/α,β-unsaturated/α-hetero) is 1. The molecule has 1 aromatic carbocycles. The van der Waals surface area contributed by atoms with Crippen molar-refractivity contribution in [2.24, 2.45) is 5.92 Å². The van der Waals surface area contributed by atoms with Crippen LogP contribution in [-0.4, -0.2) is 41.8 Å². The zero-order chi connectivity index (χ0) is 27.1. The number of hydrogen-bond acceptors (Lipinski definition) is 7. The van der Waals surface area contributed by atoms with Crippen LogP contribution in [0.3, 0.4) is 0 Å². The van der Waals surface area contributed by atoms with Crippen LogP contribution in [0.25, 0.3) is 55.2 Å². The van der Waals surface area contributed by atoms with Gasteiger partial charge in [-0.05, 0) is 43.2 Å².